The number of nitrogens with zero attached hydrogens (tertiary/aromatic N) is 6. The predicted molar refractivity (Wildman–Crippen MR) is 109 cm³/mol. The van der Waals surface area contributed by atoms with E-state index in [4.69, 9.17) is 0 Å². The molecule has 1 aliphatic heterocycles. The highest BCUT2D eigenvalue weighted by atomic mass is 16.2. The molecule has 0 radical (unpaired) electrons. The van der Waals surface area contributed by atoms with Gasteiger partial charge in [-0.15, -0.1) is 0 Å². The summed E-state index contributed by atoms with van der Waals surface area (Å²) in [6, 6.07) is 10.3. The lowest BCUT2D eigenvalue weighted by Crippen LogP contribution is -2.52. The van der Waals surface area contributed by atoms with Crippen molar-refractivity contribution in [2.45, 2.75) is 13.5 Å². The molecule has 28 heavy (non-hydrogen) atoms. The van der Waals surface area contributed by atoms with Crippen LogP contribution in [0.2, 0.25) is 0 Å². The number of carbonyl (C=O) groups is 1. The zero-order valence-electron chi connectivity index (χ0n) is 16.5. The van der Waals surface area contributed by atoms with E-state index in [1.807, 2.05) is 37.1 Å². The van der Waals surface area contributed by atoms with E-state index in [1.54, 1.807) is 4.68 Å². The van der Waals surface area contributed by atoms with Crippen LogP contribution in [-0.4, -0.2) is 70.8 Å². The van der Waals surface area contributed by atoms with Crippen LogP contribution in [0.4, 0.5) is 5.69 Å². The van der Waals surface area contributed by atoms with Gasteiger partial charge in [-0.25, -0.2) is 9.98 Å². The topological polar surface area (TPSA) is 90.7 Å². The van der Waals surface area contributed by atoms with Gasteiger partial charge in [0.1, 0.15) is 18.7 Å². The van der Waals surface area contributed by atoms with Gasteiger partial charge in [-0.2, -0.15) is 5.10 Å². The van der Waals surface area contributed by atoms with Gasteiger partial charge in [-0.3, -0.25) is 9.48 Å². The summed E-state index contributed by atoms with van der Waals surface area (Å²) in [6.45, 7) is 6.46. The largest absolute Gasteiger partial charge is 0.368 e. The van der Waals surface area contributed by atoms with Crippen molar-refractivity contribution in [3.63, 3.8) is 0 Å². The van der Waals surface area contributed by atoms with Crippen LogP contribution in [0.25, 0.3) is 0 Å². The number of piperazine rings is 1. The number of anilines is 1. The summed E-state index contributed by atoms with van der Waals surface area (Å²) in [5, 5.41) is 10.3. The molecule has 1 saturated heterocycles. The summed E-state index contributed by atoms with van der Waals surface area (Å²) in [5.74, 6) is 1.44. The van der Waals surface area contributed by atoms with Gasteiger partial charge in [0.05, 0.1) is 6.54 Å². The van der Waals surface area contributed by atoms with Crippen molar-refractivity contribution in [3.8, 4) is 0 Å². The third kappa shape index (κ3) is 5.21. The number of benzene rings is 1. The van der Waals surface area contributed by atoms with Crippen molar-refractivity contribution >= 4 is 17.6 Å². The smallest absolute Gasteiger partial charge is 0.242 e. The molecule has 0 atom stereocenters. The number of rotatable bonds is 6. The fraction of sp³-hybridized carbons (Fsp3) is 0.474. The molecule has 1 fully saturated rings. The zero-order chi connectivity index (χ0) is 19.8. The summed E-state index contributed by atoms with van der Waals surface area (Å²) >= 11 is 0. The lowest BCUT2D eigenvalue weighted by atomic mass is 10.2. The first kappa shape index (κ1) is 19.7. The van der Waals surface area contributed by atoms with Crippen molar-refractivity contribution in [2.24, 2.45) is 12.0 Å². The molecule has 150 valence electrons. The number of aliphatic imine (C=N–C) groups is 1. The highest BCUT2D eigenvalue weighted by molar-refractivity contribution is 5.86. The average Bonchev–Trinajstić information content (AvgIpc) is 3.15. The van der Waals surface area contributed by atoms with Crippen molar-refractivity contribution in [3.05, 3.63) is 42.5 Å². The van der Waals surface area contributed by atoms with Crippen LogP contribution in [0.3, 0.4) is 0 Å². The molecule has 0 saturated carbocycles. The maximum atomic E-state index is 12.6. The van der Waals surface area contributed by atoms with Crippen LogP contribution in [0.1, 0.15) is 12.7 Å². The Hall–Kier alpha value is -3.10. The molecule has 0 bridgehead atoms. The molecule has 3 rings (SSSR count). The molecule has 0 unspecified atom stereocenters. The zero-order valence-corrected chi connectivity index (χ0v) is 16.5. The summed E-state index contributed by atoms with van der Waals surface area (Å²) in [6.07, 6.45) is 1.50. The van der Waals surface area contributed by atoms with Crippen LogP contribution in [0, 0.1) is 0 Å². The number of hydrogen-bond acceptors (Lipinski definition) is 5. The van der Waals surface area contributed by atoms with Gasteiger partial charge in [0.15, 0.2) is 5.96 Å². The van der Waals surface area contributed by atoms with Gasteiger partial charge >= 0.3 is 0 Å². The quantitative estimate of drug-likeness (QED) is 0.547. The number of carbonyl (C=O) groups excluding carboxylic acids is 1. The van der Waals surface area contributed by atoms with Gasteiger partial charge in [0, 0.05) is 45.5 Å². The second-order valence-corrected chi connectivity index (χ2v) is 6.55. The minimum Gasteiger partial charge on any atom is -0.368 e. The Kier molecular flexibility index (Phi) is 6.83. The number of aromatic nitrogens is 3. The highest BCUT2D eigenvalue weighted by Crippen LogP contribution is 2.15. The van der Waals surface area contributed by atoms with E-state index >= 15 is 0 Å². The second-order valence-electron chi connectivity index (χ2n) is 6.55. The SMILES string of the molecule is CCNC(=NCc1ncnn1C)NCC(=O)N1CCN(c2ccccc2)CC1. The molecular weight excluding hydrogens is 356 g/mol. The summed E-state index contributed by atoms with van der Waals surface area (Å²) in [5.41, 5.74) is 1.21. The van der Waals surface area contributed by atoms with Crippen LogP contribution in [-0.2, 0) is 18.4 Å². The van der Waals surface area contributed by atoms with Gasteiger partial charge in [-0.05, 0) is 19.1 Å². The monoisotopic (exact) mass is 384 g/mol. The van der Waals surface area contributed by atoms with Gasteiger partial charge in [-0.1, -0.05) is 18.2 Å². The summed E-state index contributed by atoms with van der Waals surface area (Å²) < 4.78 is 1.68. The molecule has 1 aromatic heterocycles. The number of nitrogens with one attached hydrogen (secondary N) is 2. The van der Waals surface area contributed by atoms with E-state index < -0.39 is 0 Å². The first-order valence-corrected chi connectivity index (χ1v) is 9.60. The molecule has 2 heterocycles. The molecule has 1 aromatic carbocycles. The Morgan fingerprint density at radius 3 is 2.54 bits per heavy atom. The van der Waals surface area contributed by atoms with E-state index in [-0.39, 0.29) is 12.5 Å². The first-order chi connectivity index (χ1) is 13.7. The standard InChI is InChI=1S/C19H28N8O/c1-3-20-19(21-13-17-23-15-24-25(17)2)22-14-18(28)27-11-9-26(10-12-27)16-7-5-4-6-8-16/h4-8,15H,3,9-14H2,1-2H3,(H2,20,21,22). The van der Waals surface area contributed by atoms with Crippen molar-refractivity contribution in [1.82, 2.24) is 30.3 Å². The maximum absolute atomic E-state index is 12.6. The van der Waals surface area contributed by atoms with Crippen LogP contribution in [0.5, 0.6) is 0 Å². The Labute approximate surface area is 165 Å². The van der Waals surface area contributed by atoms with E-state index in [1.165, 1.54) is 12.0 Å². The summed E-state index contributed by atoms with van der Waals surface area (Å²) in [4.78, 5) is 25.4. The molecule has 1 aliphatic rings. The van der Waals surface area contributed by atoms with Crippen LogP contribution in [0.15, 0.2) is 41.7 Å². The van der Waals surface area contributed by atoms with Crippen LogP contribution < -0.4 is 15.5 Å². The number of aryl methyl sites for hydroxylation is 1. The third-order valence-electron chi connectivity index (χ3n) is 4.69. The molecule has 1 amide bonds. The van der Waals surface area contributed by atoms with Crippen molar-refractivity contribution in [1.29, 1.82) is 0 Å². The Bertz CT molecular complexity index is 780. The first-order valence-electron chi connectivity index (χ1n) is 9.60. The molecule has 2 aromatic rings. The van der Waals surface area contributed by atoms with Gasteiger partial charge in [0.2, 0.25) is 5.91 Å². The molecule has 0 aliphatic carbocycles. The number of guanidine groups is 1. The Morgan fingerprint density at radius 2 is 1.89 bits per heavy atom. The molecule has 0 spiro atoms. The minimum atomic E-state index is 0.0805. The van der Waals surface area contributed by atoms with E-state index in [2.05, 4.69) is 42.7 Å². The normalized spacial score (nSPS) is 14.9. The Balaban J connectivity index is 1.47. The average molecular weight is 384 g/mol. The third-order valence-corrected chi connectivity index (χ3v) is 4.69. The Morgan fingerprint density at radius 1 is 1.14 bits per heavy atom. The minimum absolute atomic E-state index is 0.0805. The van der Waals surface area contributed by atoms with Crippen molar-refractivity contribution in [2.75, 3.05) is 44.2 Å². The van der Waals surface area contributed by atoms with E-state index in [9.17, 15) is 4.79 Å². The molecule has 2 N–H and O–H groups in total. The van der Waals surface area contributed by atoms with E-state index in [0.717, 1.165) is 32.0 Å². The molecule has 9 heteroatoms. The van der Waals surface area contributed by atoms with Crippen LogP contribution >= 0.6 is 0 Å². The van der Waals surface area contributed by atoms with Gasteiger partial charge in [0.25, 0.3) is 0 Å². The highest BCUT2D eigenvalue weighted by Gasteiger charge is 2.21. The molecule has 9 nitrogen and oxygen atoms in total. The lowest BCUT2D eigenvalue weighted by molar-refractivity contribution is -0.130. The fourth-order valence-electron chi connectivity index (χ4n) is 3.08. The van der Waals surface area contributed by atoms with E-state index in [0.29, 0.717) is 19.0 Å². The molecular formula is C19H28N8O. The fourth-order valence-corrected chi connectivity index (χ4v) is 3.08. The second kappa shape index (κ2) is 9.72. The lowest BCUT2D eigenvalue weighted by Gasteiger charge is -2.36. The van der Waals surface area contributed by atoms with Crippen molar-refractivity contribution < 1.29 is 4.79 Å². The number of para-hydroxylation sites is 1. The summed E-state index contributed by atoms with van der Waals surface area (Å²) in [7, 11) is 1.83. The number of hydrogen-bond donors (Lipinski definition) is 2. The predicted octanol–water partition coefficient (Wildman–Crippen LogP) is 0.219. The maximum Gasteiger partial charge on any atom is 0.242 e. The van der Waals surface area contributed by atoms with Gasteiger partial charge < -0.3 is 20.4 Å². The number of amides is 1.